The van der Waals surface area contributed by atoms with Crippen molar-refractivity contribution in [3.8, 4) is 0 Å². The number of aliphatic hydroxyl groups excluding tert-OH is 1. The van der Waals surface area contributed by atoms with Crippen LogP contribution < -0.4 is 0 Å². The molecule has 0 heterocycles. The zero-order valence-electron chi connectivity index (χ0n) is 7.29. The molecule has 1 aromatic rings. The SMILES string of the molecule is Cc1cc(F)cc(C(O)C(=O)O)c1F. The summed E-state index contributed by atoms with van der Waals surface area (Å²) in [5, 5.41) is 17.4. The number of halogens is 2. The smallest absolute Gasteiger partial charge is 0.337 e. The molecule has 1 aromatic carbocycles. The second kappa shape index (κ2) is 3.71. The molecule has 0 aromatic heterocycles. The average Bonchev–Trinajstić information content (AvgIpc) is 2.09. The van der Waals surface area contributed by atoms with Gasteiger partial charge in [0, 0.05) is 5.56 Å². The zero-order valence-corrected chi connectivity index (χ0v) is 7.29. The Kier molecular flexibility index (Phi) is 2.81. The second-order valence-corrected chi connectivity index (χ2v) is 2.87. The summed E-state index contributed by atoms with van der Waals surface area (Å²) in [5.74, 6) is -3.30. The first-order valence-electron chi connectivity index (χ1n) is 3.80. The van der Waals surface area contributed by atoms with Crippen molar-refractivity contribution in [3.05, 3.63) is 34.9 Å². The number of rotatable bonds is 2. The standard InChI is InChI=1S/C9H8F2O3/c1-4-2-5(10)3-6(7(4)11)8(12)9(13)14/h2-3,8,12H,1H3,(H,13,14). The molecular formula is C9H8F2O3. The molecule has 0 spiro atoms. The number of aryl methyl sites for hydroxylation is 1. The fourth-order valence-corrected chi connectivity index (χ4v) is 1.08. The summed E-state index contributed by atoms with van der Waals surface area (Å²) in [7, 11) is 0. The number of hydrogen-bond acceptors (Lipinski definition) is 2. The Labute approximate surface area is 78.6 Å². The van der Waals surface area contributed by atoms with Crippen molar-refractivity contribution in [2.45, 2.75) is 13.0 Å². The number of carbonyl (C=O) groups is 1. The third-order valence-electron chi connectivity index (χ3n) is 1.78. The lowest BCUT2D eigenvalue weighted by Gasteiger charge is -2.08. The van der Waals surface area contributed by atoms with Crippen molar-refractivity contribution in [2.24, 2.45) is 0 Å². The van der Waals surface area contributed by atoms with Gasteiger partial charge in [-0.25, -0.2) is 13.6 Å². The van der Waals surface area contributed by atoms with Gasteiger partial charge in [0.1, 0.15) is 11.6 Å². The minimum Gasteiger partial charge on any atom is -0.479 e. The predicted molar refractivity (Wildman–Crippen MR) is 43.7 cm³/mol. The van der Waals surface area contributed by atoms with Crippen molar-refractivity contribution in [2.75, 3.05) is 0 Å². The molecule has 0 bridgehead atoms. The quantitative estimate of drug-likeness (QED) is 0.761. The van der Waals surface area contributed by atoms with Gasteiger partial charge < -0.3 is 10.2 Å². The third kappa shape index (κ3) is 1.88. The summed E-state index contributed by atoms with van der Waals surface area (Å²) in [5.41, 5.74) is -0.602. The van der Waals surface area contributed by atoms with Crippen LogP contribution in [0.3, 0.4) is 0 Å². The van der Waals surface area contributed by atoms with Crippen LogP contribution in [0.25, 0.3) is 0 Å². The topological polar surface area (TPSA) is 57.5 Å². The van der Waals surface area contributed by atoms with Gasteiger partial charge in [0.05, 0.1) is 0 Å². The van der Waals surface area contributed by atoms with Gasteiger partial charge >= 0.3 is 5.97 Å². The average molecular weight is 202 g/mol. The third-order valence-corrected chi connectivity index (χ3v) is 1.78. The van der Waals surface area contributed by atoms with E-state index in [1.165, 1.54) is 6.92 Å². The van der Waals surface area contributed by atoms with E-state index in [1.807, 2.05) is 0 Å². The van der Waals surface area contributed by atoms with Crippen LogP contribution >= 0.6 is 0 Å². The van der Waals surface area contributed by atoms with Crippen molar-refractivity contribution in [1.82, 2.24) is 0 Å². The minimum atomic E-state index is -2.04. The highest BCUT2D eigenvalue weighted by atomic mass is 19.1. The molecule has 2 N–H and O–H groups in total. The summed E-state index contributed by atoms with van der Waals surface area (Å²) in [4.78, 5) is 10.3. The molecule has 14 heavy (non-hydrogen) atoms. The summed E-state index contributed by atoms with van der Waals surface area (Å²) in [6.45, 7) is 1.29. The van der Waals surface area contributed by atoms with Crippen LogP contribution in [0.5, 0.6) is 0 Å². The Bertz CT molecular complexity index is 377. The van der Waals surface area contributed by atoms with Crippen LogP contribution in [-0.2, 0) is 4.79 Å². The maximum Gasteiger partial charge on any atom is 0.337 e. The summed E-state index contributed by atoms with van der Waals surface area (Å²) < 4.78 is 26.0. The minimum absolute atomic E-state index is 0.0414. The zero-order chi connectivity index (χ0) is 10.9. The number of carboxylic acids is 1. The summed E-state index contributed by atoms with van der Waals surface area (Å²) >= 11 is 0. The number of carboxylic acid groups (broad SMARTS) is 1. The lowest BCUT2D eigenvalue weighted by molar-refractivity contribution is -0.147. The fraction of sp³-hybridized carbons (Fsp3) is 0.222. The Balaban J connectivity index is 3.26. The lowest BCUT2D eigenvalue weighted by Crippen LogP contribution is -2.13. The monoisotopic (exact) mass is 202 g/mol. The molecule has 0 saturated heterocycles. The van der Waals surface area contributed by atoms with Gasteiger partial charge in [-0.2, -0.15) is 0 Å². The predicted octanol–water partition coefficient (Wildman–Crippen LogP) is 1.39. The highest BCUT2D eigenvalue weighted by Crippen LogP contribution is 2.21. The van der Waals surface area contributed by atoms with Crippen molar-refractivity contribution < 1.29 is 23.8 Å². The summed E-state index contributed by atoms with van der Waals surface area (Å²) in [6, 6.07) is 1.59. The molecule has 5 heteroatoms. The molecule has 1 unspecified atom stereocenters. The van der Waals surface area contributed by atoms with Crippen molar-refractivity contribution in [1.29, 1.82) is 0 Å². The molecule has 1 rings (SSSR count). The largest absolute Gasteiger partial charge is 0.479 e. The van der Waals surface area contributed by atoms with E-state index in [1.54, 1.807) is 0 Å². The van der Waals surface area contributed by atoms with Gasteiger partial charge in [-0.1, -0.05) is 0 Å². The first-order valence-corrected chi connectivity index (χ1v) is 3.80. The first-order chi connectivity index (χ1) is 6.43. The van der Waals surface area contributed by atoms with E-state index in [0.29, 0.717) is 6.07 Å². The lowest BCUT2D eigenvalue weighted by atomic mass is 10.1. The normalized spacial score (nSPS) is 12.6. The molecule has 3 nitrogen and oxygen atoms in total. The van der Waals surface area contributed by atoms with E-state index in [2.05, 4.69) is 0 Å². The molecule has 0 aliphatic rings. The van der Waals surface area contributed by atoms with Crippen LogP contribution in [0.15, 0.2) is 12.1 Å². The maximum absolute atomic E-state index is 13.2. The molecule has 0 fully saturated rings. The Morgan fingerprint density at radius 2 is 2.00 bits per heavy atom. The van der Waals surface area contributed by atoms with Crippen molar-refractivity contribution >= 4 is 5.97 Å². The fourth-order valence-electron chi connectivity index (χ4n) is 1.08. The van der Waals surface area contributed by atoms with Crippen molar-refractivity contribution in [3.63, 3.8) is 0 Å². The molecule has 0 radical (unpaired) electrons. The van der Waals surface area contributed by atoms with Gasteiger partial charge in [0.2, 0.25) is 0 Å². The van der Waals surface area contributed by atoms with Crippen LogP contribution in [0, 0.1) is 18.6 Å². The highest BCUT2D eigenvalue weighted by Gasteiger charge is 2.21. The molecule has 76 valence electrons. The molecule has 0 saturated carbocycles. The Morgan fingerprint density at radius 1 is 1.43 bits per heavy atom. The van der Waals surface area contributed by atoms with E-state index in [4.69, 9.17) is 10.2 Å². The second-order valence-electron chi connectivity index (χ2n) is 2.87. The van der Waals surface area contributed by atoms with E-state index >= 15 is 0 Å². The van der Waals surface area contributed by atoms with Gasteiger partial charge in [-0.05, 0) is 24.6 Å². The van der Waals surface area contributed by atoms with Gasteiger partial charge in [0.15, 0.2) is 6.10 Å². The highest BCUT2D eigenvalue weighted by molar-refractivity contribution is 5.74. The summed E-state index contributed by atoms with van der Waals surface area (Å²) in [6.07, 6.45) is -2.04. The molecule has 0 aliphatic heterocycles. The van der Waals surface area contributed by atoms with Gasteiger partial charge in [-0.15, -0.1) is 0 Å². The maximum atomic E-state index is 13.2. The van der Waals surface area contributed by atoms with E-state index in [9.17, 15) is 13.6 Å². The molecular weight excluding hydrogens is 194 g/mol. The van der Waals surface area contributed by atoms with E-state index < -0.39 is 29.3 Å². The van der Waals surface area contributed by atoms with Crippen LogP contribution in [0.4, 0.5) is 8.78 Å². The van der Waals surface area contributed by atoms with Gasteiger partial charge in [-0.3, -0.25) is 0 Å². The van der Waals surface area contributed by atoms with Crippen LogP contribution in [0.1, 0.15) is 17.2 Å². The van der Waals surface area contributed by atoms with E-state index in [-0.39, 0.29) is 5.56 Å². The number of aliphatic hydroxyl groups is 1. The number of hydrogen-bond donors (Lipinski definition) is 2. The Morgan fingerprint density at radius 3 is 2.50 bits per heavy atom. The molecule has 0 amide bonds. The first kappa shape index (κ1) is 10.6. The number of benzene rings is 1. The van der Waals surface area contributed by atoms with Crippen LogP contribution in [0.2, 0.25) is 0 Å². The van der Waals surface area contributed by atoms with Gasteiger partial charge in [0.25, 0.3) is 0 Å². The Hall–Kier alpha value is -1.49. The molecule has 1 atom stereocenters. The van der Waals surface area contributed by atoms with E-state index in [0.717, 1.165) is 6.07 Å². The molecule has 0 aliphatic carbocycles. The van der Waals surface area contributed by atoms with Crippen LogP contribution in [-0.4, -0.2) is 16.2 Å². The number of aliphatic carboxylic acids is 1.